The van der Waals surface area contributed by atoms with Crippen LogP contribution in [0.3, 0.4) is 0 Å². The van der Waals surface area contributed by atoms with Crippen LogP contribution >= 0.6 is 38.9 Å². The molecular weight excluding hydrogens is 476 g/mol. The minimum absolute atomic E-state index is 0.0170. The Bertz CT molecular complexity index is 1070. The van der Waals surface area contributed by atoms with Gasteiger partial charge in [0.1, 0.15) is 4.90 Å². The Morgan fingerprint density at radius 3 is 2.37 bits per heavy atom. The summed E-state index contributed by atoms with van der Waals surface area (Å²) in [7, 11) is -0.967. The normalized spacial score (nSPS) is 11.3. The highest BCUT2D eigenvalue weighted by molar-refractivity contribution is 9.10. The summed E-state index contributed by atoms with van der Waals surface area (Å²) in [6.07, 6.45) is 0. The molecule has 0 aliphatic carbocycles. The topological polar surface area (TPSA) is 77.5 Å². The third-order valence-electron chi connectivity index (χ3n) is 3.59. The molecule has 6 nitrogen and oxygen atoms in total. The minimum Gasteiger partial charge on any atom is -0.493 e. The second-order valence-corrected chi connectivity index (χ2v) is 9.09. The Kier molecular flexibility index (Phi) is 5.95. The predicted octanol–water partition coefficient (Wildman–Crippen LogP) is 5.04. The second kappa shape index (κ2) is 8.05. The Balaban J connectivity index is 1.90. The number of nitrogens with one attached hydrogen (secondary N) is 1. The Morgan fingerprint density at radius 2 is 1.74 bits per heavy atom. The Hall–Kier alpha value is -1.81. The van der Waals surface area contributed by atoms with Gasteiger partial charge >= 0.3 is 0 Å². The lowest BCUT2D eigenvalue weighted by Crippen LogP contribution is -2.13. The quantitative estimate of drug-likeness (QED) is 0.525. The van der Waals surface area contributed by atoms with E-state index in [0.29, 0.717) is 26.7 Å². The van der Waals surface area contributed by atoms with Crippen molar-refractivity contribution < 1.29 is 17.9 Å². The van der Waals surface area contributed by atoms with E-state index in [-0.39, 0.29) is 10.0 Å². The molecule has 0 bridgehead atoms. The number of benzene rings is 2. The van der Waals surface area contributed by atoms with E-state index < -0.39 is 10.0 Å². The average molecular weight is 490 g/mol. The molecule has 0 atom stereocenters. The number of aromatic nitrogens is 1. The summed E-state index contributed by atoms with van der Waals surface area (Å²) in [6.45, 7) is 0. The molecule has 3 rings (SSSR count). The van der Waals surface area contributed by atoms with Crippen molar-refractivity contribution in [2.45, 2.75) is 4.90 Å². The molecule has 0 saturated carbocycles. The van der Waals surface area contributed by atoms with E-state index >= 15 is 0 Å². The standard InChI is InChI=1S/C17H14BrClN2O4S2/c1-24-14-7-12(18)16(8-15(14)25-2)27(22,23)21-17-20-13(9-26-17)10-3-5-11(19)6-4-10/h3-9H,1-2H3,(H,20,21). The van der Waals surface area contributed by atoms with E-state index in [1.807, 2.05) is 12.1 Å². The Labute approximate surface area is 174 Å². The van der Waals surface area contributed by atoms with Gasteiger partial charge in [-0.15, -0.1) is 11.3 Å². The molecule has 2 aromatic carbocycles. The maximum Gasteiger partial charge on any atom is 0.264 e. The molecule has 0 aliphatic rings. The first-order valence-corrected chi connectivity index (χ1v) is 11.0. The lowest BCUT2D eigenvalue weighted by molar-refractivity contribution is 0.353. The van der Waals surface area contributed by atoms with Crippen LogP contribution in [0.25, 0.3) is 11.3 Å². The second-order valence-electron chi connectivity index (χ2n) is 5.29. The van der Waals surface area contributed by atoms with Crippen molar-refractivity contribution in [3.63, 3.8) is 0 Å². The van der Waals surface area contributed by atoms with E-state index in [2.05, 4.69) is 25.6 Å². The molecule has 0 fully saturated rings. The lowest BCUT2D eigenvalue weighted by Gasteiger charge is -2.12. The number of nitrogens with zero attached hydrogens (tertiary/aromatic N) is 1. The van der Waals surface area contributed by atoms with Gasteiger partial charge in [-0.05, 0) is 34.1 Å². The van der Waals surface area contributed by atoms with Crippen LogP contribution in [0.4, 0.5) is 5.13 Å². The van der Waals surface area contributed by atoms with Gasteiger partial charge in [-0.3, -0.25) is 4.72 Å². The molecule has 27 heavy (non-hydrogen) atoms. The molecule has 3 aromatic rings. The highest BCUT2D eigenvalue weighted by Gasteiger charge is 2.22. The molecule has 0 amide bonds. The fourth-order valence-electron chi connectivity index (χ4n) is 2.29. The summed E-state index contributed by atoms with van der Waals surface area (Å²) in [5, 5.41) is 2.64. The summed E-state index contributed by atoms with van der Waals surface area (Å²) in [5.74, 6) is 0.727. The van der Waals surface area contributed by atoms with Crippen LogP contribution in [0.2, 0.25) is 5.02 Å². The highest BCUT2D eigenvalue weighted by Crippen LogP contribution is 2.36. The molecule has 142 valence electrons. The first kappa shape index (κ1) is 19.9. The van der Waals surface area contributed by atoms with Gasteiger partial charge in [0.15, 0.2) is 16.6 Å². The van der Waals surface area contributed by atoms with Crippen LogP contribution in [0, 0.1) is 0 Å². The third kappa shape index (κ3) is 4.37. The molecular formula is C17H14BrClN2O4S2. The zero-order valence-corrected chi connectivity index (χ0v) is 18.2. The molecule has 0 saturated heterocycles. The van der Waals surface area contributed by atoms with Crippen LogP contribution < -0.4 is 14.2 Å². The summed E-state index contributed by atoms with van der Waals surface area (Å²) in [6, 6.07) is 10.1. The molecule has 10 heteroatoms. The smallest absolute Gasteiger partial charge is 0.264 e. The van der Waals surface area contributed by atoms with Gasteiger partial charge in [0.05, 0.1) is 19.9 Å². The van der Waals surface area contributed by atoms with Gasteiger partial charge in [-0.25, -0.2) is 13.4 Å². The van der Waals surface area contributed by atoms with Crippen LogP contribution in [-0.2, 0) is 10.0 Å². The van der Waals surface area contributed by atoms with Crippen LogP contribution in [0.5, 0.6) is 11.5 Å². The number of hydrogen-bond acceptors (Lipinski definition) is 6. The largest absolute Gasteiger partial charge is 0.493 e. The van der Waals surface area contributed by atoms with Gasteiger partial charge in [-0.2, -0.15) is 0 Å². The number of halogens is 2. The average Bonchev–Trinajstić information content (AvgIpc) is 3.09. The molecule has 0 aliphatic heterocycles. The fourth-order valence-corrected chi connectivity index (χ4v) is 5.42. The fraction of sp³-hybridized carbons (Fsp3) is 0.118. The van der Waals surface area contributed by atoms with Crippen molar-refractivity contribution in [2.75, 3.05) is 18.9 Å². The maximum atomic E-state index is 12.8. The van der Waals surface area contributed by atoms with Crippen molar-refractivity contribution in [3.8, 4) is 22.8 Å². The molecule has 0 spiro atoms. The lowest BCUT2D eigenvalue weighted by atomic mass is 10.2. The molecule has 1 aromatic heterocycles. The number of sulfonamides is 1. The monoisotopic (exact) mass is 488 g/mol. The van der Waals surface area contributed by atoms with Crippen molar-refractivity contribution in [1.82, 2.24) is 4.98 Å². The van der Waals surface area contributed by atoms with E-state index in [4.69, 9.17) is 21.1 Å². The van der Waals surface area contributed by atoms with E-state index in [9.17, 15) is 8.42 Å². The van der Waals surface area contributed by atoms with Gasteiger partial charge in [0.25, 0.3) is 10.0 Å². The zero-order chi connectivity index (χ0) is 19.6. The van der Waals surface area contributed by atoms with Gasteiger partial charge < -0.3 is 9.47 Å². The zero-order valence-electron chi connectivity index (χ0n) is 14.2. The molecule has 1 N–H and O–H groups in total. The minimum atomic E-state index is -3.88. The van der Waals surface area contributed by atoms with Gasteiger partial charge in [-0.1, -0.05) is 23.7 Å². The predicted molar refractivity (Wildman–Crippen MR) is 111 cm³/mol. The number of ether oxygens (including phenoxy) is 2. The Morgan fingerprint density at radius 1 is 1.11 bits per heavy atom. The first-order chi connectivity index (χ1) is 12.8. The van der Waals surface area contributed by atoms with Crippen LogP contribution in [-0.4, -0.2) is 27.6 Å². The summed E-state index contributed by atoms with van der Waals surface area (Å²) >= 11 is 10.3. The highest BCUT2D eigenvalue weighted by atomic mass is 79.9. The summed E-state index contributed by atoms with van der Waals surface area (Å²) in [5.41, 5.74) is 1.49. The molecule has 1 heterocycles. The van der Waals surface area contributed by atoms with Gasteiger partial charge in [0.2, 0.25) is 0 Å². The SMILES string of the molecule is COc1cc(Br)c(S(=O)(=O)Nc2nc(-c3ccc(Cl)cc3)cs2)cc1OC. The van der Waals surface area contributed by atoms with Gasteiger partial charge in [0, 0.05) is 26.5 Å². The number of anilines is 1. The summed E-state index contributed by atoms with van der Waals surface area (Å²) < 4.78 is 38.8. The van der Waals surface area contributed by atoms with E-state index in [0.717, 1.165) is 5.56 Å². The first-order valence-electron chi connectivity index (χ1n) is 7.50. The number of rotatable bonds is 6. The molecule has 0 radical (unpaired) electrons. The van der Waals surface area contributed by atoms with Crippen molar-refractivity contribution >= 4 is 54.0 Å². The van der Waals surface area contributed by atoms with Crippen molar-refractivity contribution in [2.24, 2.45) is 0 Å². The van der Waals surface area contributed by atoms with Crippen molar-refractivity contribution in [3.05, 3.63) is 51.3 Å². The number of hydrogen-bond donors (Lipinski definition) is 1. The van der Waals surface area contributed by atoms with E-state index in [1.165, 1.54) is 37.7 Å². The number of methoxy groups -OCH3 is 2. The van der Waals surface area contributed by atoms with Crippen molar-refractivity contribution in [1.29, 1.82) is 0 Å². The third-order valence-corrected chi connectivity index (χ3v) is 7.03. The van der Waals surface area contributed by atoms with Crippen LogP contribution in [0.1, 0.15) is 0 Å². The summed E-state index contributed by atoms with van der Waals surface area (Å²) in [4.78, 5) is 4.36. The maximum absolute atomic E-state index is 12.8. The molecule has 0 unspecified atom stereocenters. The number of thiazole rings is 1. The van der Waals surface area contributed by atoms with E-state index in [1.54, 1.807) is 17.5 Å². The van der Waals surface area contributed by atoms with Crippen LogP contribution in [0.15, 0.2) is 51.1 Å².